The molecule has 0 unspecified atom stereocenters. The van der Waals surface area contributed by atoms with Crippen molar-refractivity contribution >= 4 is 32.7 Å². The van der Waals surface area contributed by atoms with Crippen LogP contribution in [0.25, 0.3) is 0 Å². The lowest BCUT2D eigenvalue weighted by molar-refractivity contribution is 0.228. The standard InChI is InChI=1S/C17H16FNO3S3/c1-11-9-12(18)4-7-16(11)25(21,22)19-10-13-5-6-15(24-13)17(20)14-3-2-8-23-14/h2-9,17,19-20H,10H2,1H3/t17-/m0/s1. The molecule has 0 amide bonds. The van der Waals surface area contributed by atoms with Crippen molar-refractivity contribution in [3.8, 4) is 0 Å². The Morgan fingerprint density at radius 3 is 2.68 bits per heavy atom. The van der Waals surface area contributed by atoms with Gasteiger partial charge in [-0.25, -0.2) is 17.5 Å². The smallest absolute Gasteiger partial charge is 0.241 e. The van der Waals surface area contributed by atoms with Crippen LogP contribution in [0.5, 0.6) is 0 Å². The van der Waals surface area contributed by atoms with E-state index >= 15 is 0 Å². The Kier molecular flexibility index (Phi) is 5.35. The molecule has 0 aliphatic carbocycles. The lowest BCUT2D eigenvalue weighted by atomic mass is 10.2. The third kappa shape index (κ3) is 4.16. The van der Waals surface area contributed by atoms with Crippen molar-refractivity contribution < 1.29 is 17.9 Å². The minimum atomic E-state index is -3.73. The molecule has 3 rings (SSSR count). The maximum Gasteiger partial charge on any atom is 0.241 e. The highest BCUT2D eigenvalue weighted by Gasteiger charge is 2.18. The highest BCUT2D eigenvalue weighted by Crippen LogP contribution is 2.31. The first-order valence-electron chi connectivity index (χ1n) is 7.43. The van der Waals surface area contributed by atoms with Gasteiger partial charge in [-0.05, 0) is 54.3 Å². The second kappa shape index (κ2) is 7.35. The van der Waals surface area contributed by atoms with Crippen molar-refractivity contribution in [1.29, 1.82) is 0 Å². The summed E-state index contributed by atoms with van der Waals surface area (Å²) < 4.78 is 40.4. The molecule has 0 fully saturated rings. The molecule has 3 aromatic rings. The van der Waals surface area contributed by atoms with Crippen LogP contribution in [0.1, 0.15) is 26.3 Å². The molecule has 0 aliphatic heterocycles. The van der Waals surface area contributed by atoms with Gasteiger partial charge in [0.1, 0.15) is 11.9 Å². The normalized spacial score (nSPS) is 13.1. The number of nitrogens with one attached hydrogen (secondary N) is 1. The lowest BCUT2D eigenvalue weighted by Gasteiger charge is -2.09. The van der Waals surface area contributed by atoms with E-state index in [-0.39, 0.29) is 11.4 Å². The number of aryl methyl sites for hydroxylation is 1. The maximum absolute atomic E-state index is 13.1. The van der Waals surface area contributed by atoms with Crippen LogP contribution in [-0.4, -0.2) is 13.5 Å². The van der Waals surface area contributed by atoms with Gasteiger partial charge in [-0.2, -0.15) is 0 Å². The van der Waals surface area contributed by atoms with Crippen molar-refractivity contribution in [2.75, 3.05) is 0 Å². The number of rotatable bonds is 6. The molecule has 0 aliphatic rings. The Bertz CT molecular complexity index is 965. The van der Waals surface area contributed by atoms with E-state index in [1.807, 2.05) is 17.5 Å². The molecular weight excluding hydrogens is 381 g/mol. The number of hydrogen-bond acceptors (Lipinski definition) is 5. The first-order chi connectivity index (χ1) is 11.9. The highest BCUT2D eigenvalue weighted by molar-refractivity contribution is 7.89. The van der Waals surface area contributed by atoms with Gasteiger partial charge in [0.25, 0.3) is 0 Å². The van der Waals surface area contributed by atoms with Crippen molar-refractivity contribution in [3.05, 3.63) is 73.9 Å². The van der Waals surface area contributed by atoms with E-state index in [1.54, 1.807) is 19.1 Å². The molecule has 2 heterocycles. The summed E-state index contributed by atoms with van der Waals surface area (Å²) in [5.41, 5.74) is 0.354. The molecule has 0 spiro atoms. The molecule has 8 heteroatoms. The molecule has 132 valence electrons. The van der Waals surface area contributed by atoms with E-state index in [0.29, 0.717) is 5.56 Å². The van der Waals surface area contributed by atoms with Crippen LogP contribution in [0.3, 0.4) is 0 Å². The zero-order valence-corrected chi connectivity index (χ0v) is 15.7. The predicted octanol–water partition coefficient (Wildman–Crippen LogP) is 3.82. The van der Waals surface area contributed by atoms with Crippen LogP contribution in [0, 0.1) is 12.7 Å². The number of halogens is 1. The van der Waals surface area contributed by atoms with Gasteiger partial charge in [0.05, 0.1) is 4.90 Å². The highest BCUT2D eigenvalue weighted by atomic mass is 32.2. The molecule has 25 heavy (non-hydrogen) atoms. The maximum atomic E-state index is 13.1. The van der Waals surface area contributed by atoms with E-state index in [9.17, 15) is 17.9 Å². The average Bonchev–Trinajstić information content (AvgIpc) is 3.24. The summed E-state index contributed by atoms with van der Waals surface area (Å²) in [7, 11) is -3.73. The summed E-state index contributed by atoms with van der Waals surface area (Å²) in [5.74, 6) is -0.470. The summed E-state index contributed by atoms with van der Waals surface area (Å²) in [6, 6.07) is 10.9. The minimum absolute atomic E-state index is 0.0595. The molecule has 1 aromatic carbocycles. The average molecular weight is 398 g/mol. The Morgan fingerprint density at radius 1 is 1.20 bits per heavy atom. The molecule has 4 nitrogen and oxygen atoms in total. The molecule has 2 N–H and O–H groups in total. The Balaban J connectivity index is 1.71. The van der Waals surface area contributed by atoms with Gasteiger partial charge < -0.3 is 5.11 Å². The second-order valence-corrected chi connectivity index (χ2v) is 9.37. The summed E-state index contributed by atoms with van der Waals surface area (Å²) in [6.07, 6.45) is -0.699. The fourth-order valence-corrected chi connectivity index (χ4v) is 5.46. The van der Waals surface area contributed by atoms with E-state index < -0.39 is 21.9 Å². The number of sulfonamides is 1. The fraction of sp³-hybridized carbons (Fsp3) is 0.176. The van der Waals surface area contributed by atoms with Crippen molar-refractivity contribution in [2.24, 2.45) is 0 Å². The quantitative estimate of drug-likeness (QED) is 0.665. The van der Waals surface area contributed by atoms with Gasteiger partial charge in [0.15, 0.2) is 0 Å². The molecular formula is C17H16FNO3S3. The van der Waals surface area contributed by atoms with E-state index in [4.69, 9.17) is 0 Å². The van der Waals surface area contributed by atoms with Gasteiger partial charge in [-0.1, -0.05) is 6.07 Å². The van der Waals surface area contributed by atoms with Crippen molar-refractivity contribution in [1.82, 2.24) is 4.72 Å². The molecule has 1 atom stereocenters. The van der Waals surface area contributed by atoms with Gasteiger partial charge in [-0.3, -0.25) is 0 Å². The Hall–Kier alpha value is -1.58. The zero-order chi connectivity index (χ0) is 18.0. The summed E-state index contributed by atoms with van der Waals surface area (Å²) in [5, 5.41) is 12.2. The summed E-state index contributed by atoms with van der Waals surface area (Å²) in [4.78, 5) is 2.45. The van der Waals surface area contributed by atoms with Gasteiger partial charge in [0, 0.05) is 21.2 Å². The largest absolute Gasteiger partial charge is 0.382 e. The van der Waals surface area contributed by atoms with Crippen molar-refractivity contribution in [3.63, 3.8) is 0 Å². The summed E-state index contributed by atoms with van der Waals surface area (Å²) >= 11 is 2.82. The third-order valence-electron chi connectivity index (χ3n) is 3.63. The van der Waals surface area contributed by atoms with Gasteiger partial charge in [-0.15, -0.1) is 22.7 Å². The Labute approximate surface area is 153 Å². The van der Waals surface area contributed by atoms with E-state index in [1.165, 1.54) is 34.8 Å². The van der Waals surface area contributed by atoms with Gasteiger partial charge in [0.2, 0.25) is 10.0 Å². The topological polar surface area (TPSA) is 66.4 Å². The number of aliphatic hydroxyl groups excluding tert-OH is 1. The third-order valence-corrected chi connectivity index (χ3v) is 7.25. The van der Waals surface area contributed by atoms with Crippen LogP contribution >= 0.6 is 22.7 Å². The molecule has 0 saturated carbocycles. The number of benzene rings is 1. The first kappa shape index (κ1) is 18.2. The minimum Gasteiger partial charge on any atom is -0.382 e. The SMILES string of the molecule is Cc1cc(F)ccc1S(=O)(=O)NCc1ccc([C@@H](O)c2cccs2)s1. The second-order valence-electron chi connectivity index (χ2n) is 5.46. The van der Waals surface area contributed by atoms with Crippen molar-refractivity contribution in [2.45, 2.75) is 24.5 Å². The van der Waals surface area contributed by atoms with E-state index in [2.05, 4.69) is 4.72 Å². The lowest BCUT2D eigenvalue weighted by Crippen LogP contribution is -2.23. The predicted molar refractivity (Wildman–Crippen MR) is 97.9 cm³/mol. The fourth-order valence-electron chi connectivity index (χ4n) is 2.38. The molecule has 0 bridgehead atoms. The molecule has 0 saturated heterocycles. The van der Waals surface area contributed by atoms with Crippen LogP contribution in [0.15, 0.2) is 52.7 Å². The number of hydrogen-bond donors (Lipinski definition) is 2. The van der Waals surface area contributed by atoms with E-state index in [0.717, 1.165) is 20.7 Å². The molecule has 0 radical (unpaired) electrons. The van der Waals surface area contributed by atoms with Crippen LogP contribution in [-0.2, 0) is 16.6 Å². The van der Waals surface area contributed by atoms with Crippen LogP contribution < -0.4 is 4.72 Å². The number of thiophene rings is 2. The Morgan fingerprint density at radius 2 is 2.00 bits per heavy atom. The zero-order valence-electron chi connectivity index (χ0n) is 13.3. The first-order valence-corrected chi connectivity index (χ1v) is 10.6. The van der Waals surface area contributed by atoms with Crippen LogP contribution in [0.2, 0.25) is 0 Å². The molecule has 2 aromatic heterocycles. The monoisotopic (exact) mass is 397 g/mol. The number of aliphatic hydroxyl groups is 1. The summed E-state index contributed by atoms with van der Waals surface area (Å²) in [6.45, 7) is 1.67. The van der Waals surface area contributed by atoms with Crippen LogP contribution in [0.4, 0.5) is 4.39 Å². The van der Waals surface area contributed by atoms with Gasteiger partial charge >= 0.3 is 0 Å².